The maximum atomic E-state index is 12.8. The van der Waals surface area contributed by atoms with Gasteiger partial charge in [-0.2, -0.15) is 5.10 Å². The summed E-state index contributed by atoms with van der Waals surface area (Å²) in [5.41, 5.74) is 2.36. The minimum absolute atomic E-state index is 0.0229. The van der Waals surface area contributed by atoms with E-state index in [2.05, 4.69) is 24.6 Å². The highest BCUT2D eigenvalue weighted by Crippen LogP contribution is 2.18. The van der Waals surface area contributed by atoms with Crippen LogP contribution in [-0.4, -0.2) is 68.2 Å². The van der Waals surface area contributed by atoms with E-state index < -0.39 is 0 Å². The van der Waals surface area contributed by atoms with Gasteiger partial charge in [0.15, 0.2) is 0 Å². The van der Waals surface area contributed by atoms with Gasteiger partial charge in [-0.3, -0.25) is 14.8 Å². The summed E-state index contributed by atoms with van der Waals surface area (Å²) in [6.45, 7) is 7.17. The topological polar surface area (TPSA) is 70.1 Å². The maximum Gasteiger partial charge on any atom is 0.271 e. The summed E-state index contributed by atoms with van der Waals surface area (Å²) >= 11 is 0. The molecule has 4 rings (SSSR count). The molecule has 0 saturated carbocycles. The van der Waals surface area contributed by atoms with Crippen LogP contribution in [0.2, 0.25) is 0 Å². The Hall–Kier alpha value is -2.93. The minimum Gasteiger partial charge on any atom is -0.335 e. The Kier molecular flexibility index (Phi) is 5.02. The molecular formula is C20H24N6O. The Morgan fingerprint density at radius 1 is 1.11 bits per heavy atom. The van der Waals surface area contributed by atoms with Gasteiger partial charge in [0.25, 0.3) is 5.91 Å². The Balaban J connectivity index is 1.31. The van der Waals surface area contributed by atoms with E-state index >= 15 is 0 Å². The van der Waals surface area contributed by atoms with Crippen LogP contribution in [0.4, 0.5) is 0 Å². The molecule has 0 atom stereocenters. The van der Waals surface area contributed by atoms with Crippen molar-refractivity contribution in [2.45, 2.75) is 13.5 Å². The van der Waals surface area contributed by atoms with E-state index in [4.69, 9.17) is 0 Å². The highest BCUT2D eigenvalue weighted by atomic mass is 16.2. The highest BCUT2D eigenvalue weighted by molar-refractivity contribution is 5.93. The summed E-state index contributed by atoms with van der Waals surface area (Å²) in [6, 6.07) is 11.7. The van der Waals surface area contributed by atoms with E-state index in [1.165, 1.54) is 0 Å². The fourth-order valence-electron chi connectivity index (χ4n) is 3.42. The lowest BCUT2D eigenvalue weighted by Crippen LogP contribution is -2.49. The van der Waals surface area contributed by atoms with Crippen LogP contribution < -0.4 is 0 Å². The molecule has 1 saturated heterocycles. The molecule has 27 heavy (non-hydrogen) atoms. The van der Waals surface area contributed by atoms with Gasteiger partial charge in [-0.1, -0.05) is 30.3 Å². The molecule has 0 aliphatic carbocycles. The number of aromatic amines is 1. The Morgan fingerprint density at radius 3 is 2.59 bits per heavy atom. The van der Waals surface area contributed by atoms with E-state index in [0.29, 0.717) is 5.69 Å². The SMILES string of the molecule is Cc1nccn1CCN1CCN(C(=O)c2cc(-c3ccccc3)n[nH]2)CC1. The van der Waals surface area contributed by atoms with Crippen LogP contribution in [0.15, 0.2) is 48.8 Å². The number of hydrogen-bond donors (Lipinski definition) is 1. The van der Waals surface area contributed by atoms with Gasteiger partial charge in [0.1, 0.15) is 11.5 Å². The molecule has 140 valence electrons. The number of amides is 1. The lowest BCUT2D eigenvalue weighted by atomic mass is 10.1. The van der Waals surface area contributed by atoms with Crippen molar-refractivity contribution < 1.29 is 4.79 Å². The molecule has 2 aromatic heterocycles. The van der Waals surface area contributed by atoms with Gasteiger partial charge < -0.3 is 9.47 Å². The highest BCUT2D eigenvalue weighted by Gasteiger charge is 2.23. The molecule has 3 aromatic rings. The zero-order chi connectivity index (χ0) is 18.6. The first-order valence-electron chi connectivity index (χ1n) is 9.31. The number of benzene rings is 1. The molecule has 0 spiro atoms. The minimum atomic E-state index is 0.0229. The molecule has 1 aromatic carbocycles. The number of rotatable bonds is 5. The second-order valence-corrected chi connectivity index (χ2v) is 6.83. The monoisotopic (exact) mass is 364 g/mol. The lowest BCUT2D eigenvalue weighted by molar-refractivity contribution is 0.0627. The predicted octanol–water partition coefficient (Wildman–Crippen LogP) is 2.04. The second kappa shape index (κ2) is 7.75. The number of hydrogen-bond acceptors (Lipinski definition) is 4. The van der Waals surface area contributed by atoms with Crippen molar-refractivity contribution in [2.75, 3.05) is 32.7 Å². The number of aryl methyl sites for hydroxylation is 1. The van der Waals surface area contributed by atoms with Gasteiger partial charge in [0.05, 0.1) is 5.69 Å². The Morgan fingerprint density at radius 2 is 1.89 bits per heavy atom. The maximum absolute atomic E-state index is 12.8. The first-order valence-corrected chi connectivity index (χ1v) is 9.31. The van der Waals surface area contributed by atoms with Crippen molar-refractivity contribution in [3.05, 3.63) is 60.3 Å². The number of nitrogens with zero attached hydrogens (tertiary/aromatic N) is 5. The van der Waals surface area contributed by atoms with Crippen LogP contribution in [0.1, 0.15) is 16.3 Å². The van der Waals surface area contributed by atoms with Gasteiger partial charge in [0.2, 0.25) is 0 Å². The molecular weight excluding hydrogens is 340 g/mol. The molecule has 0 bridgehead atoms. The van der Waals surface area contributed by atoms with Crippen LogP contribution >= 0.6 is 0 Å². The molecule has 0 unspecified atom stereocenters. The average Bonchev–Trinajstić information content (AvgIpc) is 3.36. The number of carbonyl (C=O) groups is 1. The van der Waals surface area contributed by atoms with E-state index in [0.717, 1.165) is 56.4 Å². The van der Waals surface area contributed by atoms with Crippen molar-refractivity contribution in [3.8, 4) is 11.3 Å². The summed E-state index contributed by atoms with van der Waals surface area (Å²) in [7, 11) is 0. The molecule has 1 aliphatic heterocycles. The molecule has 1 aliphatic rings. The molecule has 3 heterocycles. The van der Waals surface area contributed by atoms with Crippen molar-refractivity contribution in [3.63, 3.8) is 0 Å². The van der Waals surface area contributed by atoms with Gasteiger partial charge >= 0.3 is 0 Å². The van der Waals surface area contributed by atoms with Gasteiger partial charge in [-0.25, -0.2) is 4.98 Å². The molecule has 1 N–H and O–H groups in total. The van der Waals surface area contributed by atoms with Crippen LogP contribution in [-0.2, 0) is 6.54 Å². The van der Waals surface area contributed by atoms with Gasteiger partial charge in [-0.05, 0) is 13.0 Å². The quantitative estimate of drug-likeness (QED) is 0.752. The summed E-state index contributed by atoms with van der Waals surface area (Å²) in [6.07, 6.45) is 3.84. The molecule has 7 heteroatoms. The fraction of sp³-hybridized carbons (Fsp3) is 0.350. The van der Waals surface area contributed by atoms with Gasteiger partial charge in [-0.15, -0.1) is 0 Å². The van der Waals surface area contributed by atoms with E-state index in [1.807, 2.05) is 60.6 Å². The third-order valence-corrected chi connectivity index (χ3v) is 5.12. The van der Waals surface area contributed by atoms with E-state index in [-0.39, 0.29) is 5.91 Å². The van der Waals surface area contributed by atoms with Crippen molar-refractivity contribution >= 4 is 5.91 Å². The third-order valence-electron chi connectivity index (χ3n) is 5.12. The lowest BCUT2D eigenvalue weighted by Gasteiger charge is -2.34. The Labute approximate surface area is 158 Å². The fourth-order valence-corrected chi connectivity index (χ4v) is 3.42. The summed E-state index contributed by atoms with van der Waals surface area (Å²) in [5.74, 6) is 1.06. The largest absolute Gasteiger partial charge is 0.335 e. The Bertz CT molecular complexity index is 892. The second-order valence-electron chi connectivity index (χ2n) is 6.83. The zero-order valence-electron chi connectivity index (χ0n) is 15.5. The summed E-state index contributed by atoms with van der Waals surface area (Å²) in [5, 5.41) is 7.19. The number of imidazole rings is 1. The predicted molar refractivity (Wildman–Crippen MR) is 103 cm³/mol. The van der Waals surface area contributed by atoms with Crippen LogP contribution in [0.5, 0.6) is 0 Å². The third kappa shape index (κ3) is 3.93. The number of piperazine rings is 1. The average molecular weight is 364 g/mol. The summed E-state index contributed by atoms with van der Waals surface area (Å²) in [4.78, 5) is 21.3. The van der Waals surface area contributed by atoms with Gasteiger partial charge in [0, 0.05) is 57.2 Å². The number of aromatic nitrogens is 4. The smallest absolute Gasteiger partial charge is 0.271 e. The molecule has 0 radical (unpaired) electrons. The molecule has 1 amide bonds. The van der Waals surface area contributed by atoms with Crippen LogP contribution in [0.25, 0.3) is 11.3 Å². The first kappa shape index (κ1) is 17.5. The van der Waals surface area contributed by atoms with Crippen LogP contribution in [0.3, 0.4) is 0 Å². The molecule has 7 nitrogen and oxygen atoms in total. The summed E-state index contributed by atoms with van der Waals surface area (Å²) < 4.78 is 2.16. The number of carbonyl (C=O) groups excluding carboxylic acids is 1. The standard InChI is InChI=1S/C20H24N6O/c1-16-21-7-8-25(16)12-9-24-10-13-26(14-11-24)20(27)19-15-18(22-23-19)17-5-3-2-4-6-17/h2-8,15H,9-14H2,1H3,(H,22,23). The first-order chi connectivity index (χ1) is 13.2. The normalized spacial score (nSPS) is 15.2. The number of H-pyrrole nitrogens is 1. The van der Waals surface area contributed by atoms with E-state index in [1.54, 1.807) is 0 Å². The van der Waals surface area contributed by atoms with Crippen molar-refractivity contribution in [2.24, 2.45) is 0 Å². The van der Waals surface area contributed by atoms with Crippen molar-refractivity contribution in [1.82, 2.24) is 29.5 Å². The zero-order valence-corrected chi connectivity index (χ0v) is 15.5. The van der Waals surface area contributed by atoms with Crippen molar-refractivity contribution in [1.29, 1.82) is 0 Å². The van der Waals surface area contributed by atoms with E-state index in [9.17, 15) is 4.79 Å². The molecule has 1 fully saturated rings. The van der Waals surface area contributed by atoms with Crippen LogP contribution in [0, 0.1) is 6.92 Å². The number of nitrogens with one attached hydrogen (secondary N) is 1.